The normalized spacial score (nSPS) is 15.4. The highest BCUT2D eigenvalue weighted by Gasteiger charge is 2.37. The number of alkyl carbamates (subject to hydrolysis) is 1. The molecule has 218 valence electrons. The van der Waals surface area contributed by atoms with Crippen LogP contribution in [0.5, 0.6) is 0 Å². The maximum absolute atomic E-state index is 13.7. The van der Waals surface area contributed by atoms with Crippen LogP contribution >= 0.6 is 0 Å². The molecule has 0 saturated carbocycles. The smallest absolute Gasteiger partial charge is 0.437 e. The van der Waals surface area contributed by atoms with E-state index in [2.05, 4.69) is 15.6 Å². The molecule has 3 aromatic rings. The molecule has 11 heteroatoms. The average molecular weight is 573 g/mol. The number of amides is 3. The third kappa shape index (κ3) is 8.91. The Bertz CT molecular complexity index is 1380. The average Bonchev–Trinajstić information content (AvgIpc) is 3.51. The Morgan fingerprint density at radius 3 is 1.95 bits per heavy atom. The number of carboxylic acids is 1. The number of nitrogens with zero attached hydrogens (tertiary/aromatic N) is 2. The van der Waals surface area contributed by atoms with E-state index in [1.807, 2.05) is 42.5 Å². The third-order valence-corrected chi connectivity index (χ3v) is 6.55. The van der Waals surface area contributed by atoms with Crippen LogP contribution in [0.3, 0.4) is 0 Å². The van der Waals surface area contributed by atoms with Crippen LogP contribution in [0, 0.1) is 0 Å². The molecule has 4 rings (SSSR count). The van der Waals surface area contributed by atoms with Crippen molar-refractivity contribution in [3.05, 3.63) is 108 Å². The van der Waals surface area contributed by atoms with Crippen LogP contribution in [0.4, 0.5) is 9.59 Å². The van der Waals surface area contributed by atoms with Gasteiger partial charge in [0.2, 0.25) is 11.9 Å². The summed E-state index contributed by atoms with van der Waals surface area (Å²) < 4.78 is 10.5. The van der Waals surface area contributed by atoms with Crippen LogP contribution in [0.15, 0.2) is 96.0 Å². The first-order chi connectivity index (χ1) is 20.4. The number of ether oxygens (including phenoxy) is 2. The van der Waals surface area contributed by atoms with Crippen molar-refractivity contribution in [2.45, 2.75) is 44.6 Å². The monoisotopic (exact) mass is 572 g/mol. The summed E-state index contributed by atoms with van der Waals surface area (Å²) in [7, 11) is 0. The van der Waals surface area contributed by atoms with E-state index in [9.17, 15) is 24.3 Å². The zero-order valence-electron chi connectivity index (χ0n) is 22.8. The van der Waals surface area contributed by atoms with E-state index < -0.39 is 36.1 Å². The molecule has 1 aliphatic rings. The topological polar surface area (TPSA) is 147 Å². The molecule has 1 heterocycles. The lowest BCUT2D eigenvalue weighted by Crippen LogP contribution is -2.55. The molecule has 0 unspecified atom stereocenters. The molecule has 42 heavy (non-hydrogen) atoms. The fourth-order valence-corrected chi connectivity index (χ4v) is 4.50. The quantitative estimate of drug-likeness (QED) is 0.259. The molecular formula is C31H32N4O7. The van der Waals surface area contributed by atoms with Crippen molar-refractivity contribution in [1.29, 1.82) is 0 Å². The van der Waals surface area contributed by atoms with Crippen molar-refractivity contribution >= 4 is 30.0 Å². The minimum Gasteiger partial charge on any atom is -0.480 e. The largest absolute Gasteiger partial charge is 0.480 e. The van der Waals surface area contributed by atoms with Crippen LogP contribution in [-0.4, -0.2) is 58.7 Å². The molecule has 0 spiro atoms. The summed E-state index contributed by atoms with van der Waals surface area (Å²) in [5.74, 6) is -1.97. The second-order valence-electron chi connectivity index (χ2n) is 9.60. The number of likely N-dealkylation sites (tertiary alicyclic amines) is 1. The maximum atomic E-state index is 13.7. The lowest BCUT2D eigenvalue weighted by Gasteiger charge is -2.28. The van der Waals surface area contributed by atoms with Gasteiger partial charge >= 0.3 is 18.2 Å². The van der Waals surface area contributed by atoms with Crippen molar-refractivity contribution in [1.82, 2.24) is 15.5 Å². The number of aliphatic imine (C=N–C) groups is 1. The number of carbonyl (C=O) groups excluding carboxylic acids is 3. The summed E-state index contributed by atoms with van der Waals surface area (Å²) in [6.07, 6.45) is -0.939. The second-order valence-corrected chi connectivity index (χ2v) is 9.60. The lowest BCUT2D eigenvalue weighted by molar-refractivity contribution is -0.148. The van der Waals surface area contributed by atoms with Crippen molar-refractivity contribution in [3.8, 4) is 0 Å². The van der Waals surface area contributed by atoms with Crippen LogP contribution in [0.25, 0.3) is 0 Å². The second kappa shape index (κ2) is 15.0. The molecule has 0 radical (unpaired) electrons. The maximum Gasteiger partial charge on any atom is 0.437 e. The molecule has 1 fully saturated rings. The van der Waals surface area contributed by atoms with Crippen LogP contribution in [0.2, 0.25) is 0 Å². The molecule has 1 aliphatic heterocycles. The highest BCUT2D eigenvalue weighted by Crippen LogP contribution is 2.20. The molecular weight excluding hydrogens is 540 g/mol. The number of guanidine groups is 1. The minimum absolute atomic E-state index is 0.0428. The predicted molar refractivity (Wildman–Crippen MR) is 153 cm³/mol. The summed E-state index contributed by atoms with van der Waals surface area (Å²) in [4.78, 5) is 56.1. The van der Waals surface area contributed by atoms with Crippen LogP contribution in [-0.2, 0) is 38.7 Å². The number of carboxylic acid groups (broad SMARTS) is 1. The number of hydrogen-bond acceptors (Lipinski definition) is 6. The summed E-state index contributed by atoms with van der Waals surface area (Å²) in [6, 6.07) is 25.0. The van der Waals surface area contributed by atoms with Crippen LogP contribution < -0.4 is 10.6 Å². The van der Waals surface area contributed by atoms with Crippen molar-refractivity contribution in [3.63, 3.8) is 0 Å². The highest BCUT2D eigenvalue weighted by molar-refractivity contribution is 6.01. The zero-order valence-corrected chi connectivity index (χ0v) is 22.8. The van der Waals surface area contributed by atoms with Gasteiger partial charge in [0, 0.05) is 13.0 Å². The standard InChI is InChI=1S/C31H32N4O7/c36-27(35-18-10-17-26(35)28(37)38)25(19-22-11-4-1-5-12-22)32-29(33-30(39)41-20-23-13-6-2-7-14-23)34-31(40)42-21-24-15-8-3-9-16-24/h1-9,11-16,25-26H,10,17-21H2,(H,37,38)(H2,32,33,34,39,40)/t25-,26+/m1/s1. The van der Waals surface area contributed by atoms with Gasteiger partial charge in [-0.1, -0.05) is 91.0 Å². The van der Waals surface area contributed by atoms with E-state index in [0.717, 1.165) is 16.7 Å². The van der Waals surface area contributed by atoms with Crippen molar-refractivity contribution in [2.24, 2.45) is 4.99 Å². The number of nitrogens with one attached hydrogen (secondary N) is 2. The Balaban J connectivity index is 1.55. The fourth-order valence-electron chi connectivity index (χ4n) is 4.50. The summed E-state index contributed by atoms with van der Waals surface area (Å²) >= 11 is 0. The number of rotatable bonds is 9. The molecule has 0 aromatic heterocycles. The van der Waals surface area contributed by atoms with Gasteiger partial charge in [0.15, 0.2) is 0 Å². The molecule has 1 saturated heterocycles. The number of carbonyl (C=O) groups is 4. The molecule has 3 aromatic carbocycles. The Morgan fingerprint density at radius 2 is 1.38 bits per heavy atom. The summed E-state index contributed by atoms with van der Waals surface area (Å²) in [5, 5.41) is 14.9. The van der Waals surface area contributed by atoms with Gasteiger partial charge in [-0.25, -0.2) is 14.4 Å². The van der Waals surface area contributed by atoms with Gasteiger partial charge < -0.3 is 24.8 Å². The van der Waals surface area contributed by atoms with E-state index in [1.54, 1.807) is 48.5 Å². The van der Waals surface area contributed by atoms with Gasteiger partial charge in [-0.3, -0.25) is 10.1 Å². The van der Waals surface area contributed by atoms with E-state index in [0.29, 0.717) is 12.8 Å². The summed E-state index contributed by atoms with van der Waals surface area (Å²) in [5.41, 5.74) is 2.25. The molecule has 3 N–H and O–H groups in total. The van der Waals surface area contributed by atoms with Crippen molar-refractivity contribution < 1.29 is 33.8 Å². The Kier molecular flexibility index (Phi) is 10.6. The highest BCUT2D eigenvalue weighted by atomic mass is 16.6. The Morgan fingerprint density at radius 1 is 0.833 bits per heavy atom. The van der Waals surface area contributed by atoms with E-state index in [4.69, 9.17) is 9.47 Å². The minimum atomic E-state index is -1.10. The molecule has 2 atom stereocenters. The Labute approximate surface area is 243 Å². The van der Waals surface area contributed by atoms with Gasteiger partial charge in [-0.05, 0) is 29.5 Å². The first-order valence-electron chi connectivity index (χ1n) is 13.5. The van der Waals surface area contributed by atoms with Gasteiger partial charge in [0.1, 0.15) is 25.3 Å². The Hall–Kier alpha value is -5.19. The van der Waals surface area contributed by atoms with Gasteiger partial charge in [0.05, 0.1) is 0 Å². The van der Waals surface area contributed by atoms with E-state index in [-0.39, 0.29) is 32.1 Å². The fraction of sp³-hybridized carbons (Fsp3) is 0.258. The van der Waals surface area contributed by atoms with Gasteiger partial charge in [-0.2, -0.15) is 0 Å². The lowest BCUT2D eigenvalue weighted by atomic mass is 10.0. The van der Waals surface area contributed by atoms with Gasteiger partial charge in [-0.15, -0.1) is 4.99 Å². The number of benzene rings is 3. The van der Waals surface area contributed by atoms with Gasteiger partial charge in [0.25, 0.3) is 0 Å². The van der Waals surface area contributed by atoms with E-state index >= 15 is 0 Å². The summed E-state index contributed by atoms with van der Waals surface area (Å²) in [6.45, 7) is 0.162. The SMILES string of the molecule is O=C(N=C(NC(=O)OCc1ccccc1)N[C@H](Cc1ccccc1)C(=O)N1CCC[C@H]1C(=O)O)OCc1ccccc1. The van der Waals surface area contributed by atoms with Crippen molar-refractivity contribution in [2.75, 3.05) is 6.54 Å². The number of aliphatic carboxylic acids is 1. The predicted octanol–water partition coefficient (Wildman–Crippen LogP) is 3.88. The third-order valence-electron chi connectivity index (χ3n) is 6.55. The number of hydrogen-bond donors (Lipinski definition) is 3. The van der Waals surface area contributed by atoms with Crippen LogP contribution in [0.1, 0.15) is 29.5 Å². The molecule has 0 bridgehead atoms. The first-order valence-corrected chi connectivity index (χ1v) is 13.5. The van der Waals surface area contributed by atoms with E-state index in [1.165, 1.54) is 4.90 Å². The molecule has 3 amide bonds. The molecule has 11 nitrogen and oxygen atoms in total. The molecule has 0 aliphatic carbocycles. The zero-order chi connectivity index (χ0) is 29.7. The first kappa shape index (κ1) is 29.8.